The van der Waals surface area contributed by atoms with Crippen LogP contribution in [0.15, 0.2) is 36.5 Å². The van der Waals surface area contributed by atoms with Crippen molar-refractivity contribution in [1.82, 2.24) is 14.8 Å². The van der Waals surface area contributed by atoms with Gasteiger partial charge >= 0.3 is 0 Å². The third-order valence-corrected chi connectivity index (χ3v) is 4.47. The number of hydrogen-bond acceptors (Lipinski definition) is 4. The number of anilines is 1. The summed E-state index contributed by atoms with van der Waals surface area (Å²) in [5, 5.41) is 8.32. The van der Waals surface area contributed by atoms with E-state index in [1.165, 1.54) is 11.3 Å². The molecule has 0 fully saturated rings. The molecule has 0 radical (unpaired) electrons. The van der Waals surface area contributed by atoms with E-state index in [0.717, 1.165) is 10.6 Å². The lowest BCUT2D eigenvalue weighted by molar-refractivity contribution is 0.102. The van der Waals surface area contributed by atoms with Crippen molar-refractivity contribution in [2.24, 2.45) is 7.05 Å². The van der Waals surface area contributed by atoms with Crippen LogP contribution in [0, 0.1) is 6.92 Å². The Morgan fingerprint density at radius 1 is 1.36 bits per heavy atom. The smallest absolute Gasteiger partial charge is 0.268 e. The highest BCUT2D eigenvalue weighted by molar-refractivity contribution is 7.17. The molecule has 2 aromatic heterocycles. The Morgan fingerprint density at radius 2 is 2.18 bits per heavy atom. The maximum Gasteiger partial charge on any atom is 0.268 e. The van der Waals surface area contributed by atoms with E-state index in [1.807, 2.05) is 25.1 Å². The first-order valence-electron chi connectivity index (χ1n) is 6.57. The van der Waals surface area contributed by atoms with Gasteiger partial charge in [0.25, 0.3) is 5.91 Å². The van der Waals surface area contributed by atoms with E-state index in [1.54, 1.807) is 30.1 Å². The summed E-state index contributed by atoms with van der Waals surface area (Å²) >= 11 is 7.34. The van der Waals surface area contributed by atoms with Gasteiger partial charge in [-0.25, -0.2) is 4.98 Å². The molecule has 22 heavy (non-hydrogen) atoms. The zero-order valence-corrected chi connectivity index (χ0v) is 13.6. The predicted octanol–water partition coefficient (Wildman–Crippen LogP) is 3.76. The molecule has 1 amide bonds. The van der Waals surface area contributed by atoms with Crippen LogP contribution < -0.4 is 5.32 Å². The molecular formula is C15H13ClN4OS. The number of thiazole rings is 1. The largest absolute Gasteiger partial charge is 0.304 e. The second kappa shape index (κ2) is 5.90. The Morgan fingerprint density at radius 3 is 2.86 bits per heavy atom. The Kier molecular flexibility index (Phi) is 3.96. The van der Waals surface area contributed by atoms with Crippen molar-refractivity contribution in [3.8, 4) is 10.6 Å². The van der Waals surface area contributed by atoms with Gasteiger partial charge in [-0.15, -0.1) is 11.3 Å². The minimum absolute atomic E-state index is 0.207. The van der Waals surface area contributed by atoms with Gasteiger partial charge in [0.1, 0.15) is 9.88 Å². The lowest BCUT2D eigenvalue weighted by Gasteiger charge is -1.99. The van der Waals surface area contributed by atoms with E-state index in [4.69, 9.17) is 11.6 Å². The normalized spacial score (nSPS) is 10.7. The quantitative estimate of drug-likeness (QED) is 0.794. The van der Waals surface area contributed by atoms with Gasteiger partial charge in [-0.2, -0.15) is 5.10 Å². The number of nitrogens with one attached hydrogen (secondary N) is 1. The van der Waals surface area contributed by atoms with E-state index in [9.17, 15) is 4.79 Å². The van der Waals surface area contributed by atoms with Crippen LogP contribution in [0.2, 0.25) is 5.02 Å². The minimum atomic E-state index is -0.207. The summed E-state index contributed by atoms with van der Waals surface area (Å²) in [6.45, 7) is 1.82. The first kappa shape index (κ1) is 14.7. The molecule has 1 aromatic carbocycles. The Labute approximate surface area is 136 Å². The fourth-order valence-electron chi connectivity index (χ4n) is 2.01. The molecule has 0 spiro atoms. The molecule has 0 atom stereocenters. The molecule has 0 aliphatic heterocycles. The third kappa shape index (κ3) is 3.03. The monoisotopic (exact) mass is 332 g/mol. The number of carbonyl (C=O) groups excluding carboxylic acids is 1. The molecule has 3 aromatic rings. The summed E-state index contributed by atoms with van der Waals surface area (Å²) in [4.78, 5) is 17.4. The molecule has 0 saturated carbocycles. The van der Waals surface area contributed by atoms with E-state index >= 15 is 0 Å². The third-order valence-electron chi connectivity index (χ3n) is 3.03. The van der Waals surface area contributed by atoms with Crippen molar-refractivity contribution in [2.75, 3.05) is 5.32 Å². The van der Waals surface area contributed by atoms with Gasteiger partial charge < -0.3 is 5.32 Å². The first-order chi connectivity index (χ1) is 10.5. The second-order valence-electron chi connectivity index (χ2n) is 4.77. The number of carbonyl (C=O) groups is 1. The number of halogens is 1. The van der Waals surface area contributed by atoms with Gasteiger partial charge in [0.15, 0.2) is 5.82 Å². The molecule has 0 unspecified atom stereocenters. The number of nitrogens with zero attached hydrogens (tertiary/aromatic N) is 3. The fraction of sp³-hybridized carbons (Fsp3) is 0.133. The lowest BCUT2D eigenvalue weighted by atomic mass is 10.2. The van der Waals surface area contributed by atoms with Gasteiger partial charge in [-0.3, -0.25) is 9.48 Å². The Balaban J connectivity index is 1.87. The summed E-state index contributed by atoms with van der Waals surface area (Å²) in [6, 6.07) is 9.17. The second-order valence-corrected chi connectivity index (χ2v) is 6.21. The number of benzene rings is 1. The van der Waals surface area contributed by atoms with Crippen LogP contribution in [0.25, 0.3) is 10.6 Å². The van der Waals surface area contributed by atoms with Crippen LogP contribution in [0.3, 0.4) is 0 Å². The van der Waals surface area contributed by atoms with Crippen molar-refractivity contribution in [3.05, 3.63) is 52.1 Å². The predicted molar refractivity (Wildman–Crippen MR) is 88.5 cm³/mol. The summed E-state index contributed by atoms with van der Waals surface area (Å²) in [6.07, 6.45) is 1.77. The molecule has 7 heteroatoms. The molecule has 0 aliphatic rings. The van der Waals surface area contributed by atoms with Crippen molar-refractivity contribution in [3.63, 3.8) is 0 Å². The molecule has 0 bridgehead atoms. The highest BCUT2D eigenvalue weighted by atomic mass is 35.5. The van der Waals surface area contributed by atoms with Gasteiger partial charge in [0, 0.05) is 29.9 Å². The maximum absolute atomic E-state index is 12.3. The topological polar surface area (TPSA) is 59.8 Å². The SMILES string of the molecule is Cc1nc(-c2cccc(Cl)c2)sc1C(=O)Nc1ccn(C)n1. The van der Waals surface area contributed by atoms with E-state index in [0.29, 0.717) is 21.4 Å². The van der Waals surface area contributed by atoms with Gasteiger partial charge in [-0.1, -0.05) is 23.7 Å². The molecule has 2 heterocycles. The molecular weight excluding hydrogens is 320 g/mol. The van der Waals surface area contributed by atoms with Crippen LogP contribution in [-0.4, -0.2) is 20.7 Å². The Hall–Kier alpha value is -2.18. The Bertz CT molecular complexity index is 840. The molecule has 1 N–H and O–H groups in total. The van der Waals surface area contributed by atoms with Crippen LogP contribution in [0.5, 0.6) is 0 Å². The number of rotatable bonds is 3. The van der Waals surface area contributed by atoms with Crippen LogP contribution >= 0.6 is 22.9 Å². The number of aryl methyl sites for hydroxylation is 2. The zero-order valence-electron chi connectivity index (χ0n) is 12.0. The highest BCUT2D eigenvalue weighted by Gasteiger charge is 2.17. The molecule has 5 nitrogen and oxygen atoms in total. The first-order valence-corrected chi connectivity index (χ1v) is 7.77. The molecule has 112 valence electrons. The van der Waals surface area contributed by atoms with Crippen LogP contribution in [-0.2, 0) is 7.05 Å². The maximum atomic E-state index is 12.3. The van der Waals surface area contributed by atoms with Crippen molar-refractivity contribution < 1.29 is 4.79 Å². The van der Waals surface area contributed by atoms with Crippen LogP contribution in [0.1, 0.15) is 15.4 Å². The van der Waals surface area contributed by atoms with Gasteiger partial charge in [0.2, 0.25) is 0 Å². The van der Waals surface area contributed by atoms with E-state index < -0.39 is 0 Å². The number of hydrogen-bond donors (Lipinski definition) is 1. The summed E-state index contributed by atoms with van der Waals surface area (Å²) in [5.41, 5.74) is 1.59. The fourth-order valence-corrected chi connectivity index (χ4v) is 3.16. The van der Waals surface area contributed by atoms with Crippen molar-refractivity contribution >= 4 is 34.7 Å². The zero-order chi connectivity index (χ0) is 15.7. The number of amides is 1. The molecule has 0 saturated heterocycles. The summed E-state index contributed by atoms with van der Waals surface area (Å²) in [7, 11) is 1.80. The van der Waals surface area contributed by atoms with Crippen molar-refractivity contribution in [1.29, 1.82) is 0 Å². The van der Waals surface area contributed by atoms with E-state index in [-0.39, 0.29) is 5.91 Å². The molecule has 0 aliphatic carbocycles. The van der Waals surface area contributed by atoms with Crippen LogP contribution in [0.4, 0.5) is 5.82 Å². The lowest BCUT2D eigenvalue weighted by Crippen LogP contribution is -2.12. The van der Waals surface area contributed by atoms with Crippen molar-refractivity contribution in [2.45, 2.75) is 6.92 Å². The average Bonchev–Trinajstić information content (AvgIpc) is 3.05. The summed E-state index contributed by atoms with van der Waals surface area (Å²) in [5.74, 6) is 0.312. The standard InChI is InChI=1S/C15H13ClN4OS/c1-9-13(14(21)18-12-6-7-20(2)19-12)22-15(17-9)10-4-3-5-11(16)8-10/h3-8H,1-2H3,(H,18,19,21). The average molecular weight is 333 g/mol. The van der Waals surface area contributed by atoms with Gasteiger partial charge in [-0.05, 0) is 19.1 Å². The summed E-state index contributed by atoms with van der Waals surface area (Å²) < 4.78 is 1.63. The highest BCUT2D eigenvalue weighted by Crippen LogP contribution is 2.29. The minimum Gasteiger partial charge on any atom is -0.304 e. The van der Waals surface area contributed by atoms with E-state index in [2.05, 4.69) is 15.4 Å². The van der Waals surface area contributed by atoms with Gasteiger partial charge in [0.05, 0.1) is 5.69 Å². The molecule has 3 rings (SSSR count). The number of aromatic nitrogens is 3.